The van der Waals surface area contributed by atoms with E-state index in [0.29, 0.717) is 33.4 Å². The SMILES string of the molecule is COC(=O)c1c(NC(=O)CSc2nnc(COc3ccccc3F)n2[C@H](C)[C@H]2C[C@@H]3CC[C@@H]2C3)sc2c1CCCCC2. The van der Waals surface area contributed by atoms with Crippen LogP contribution in [0.3, 0.4) is 0 Å². The van der Waals surface area contributed by atoms with Gasteiger partial charge in [-0.3, -0.25) is 9.36 Å². The molecule has 0 saturated heterocycles. The molecule has 2 saturated carbocycles. The molecule has 42 heavy (non-hydrogen) atoms. The molecule has 0 spiro atoms. The highest BCUT2D eigenvalue weighted by Crippen LogP contribution is 2.52. The van der Waals surface area contributed by atoms with Crippen molar-refractivity contribution < 1.29 is 23.5 Å². The van der Waals surface area contributed by atoms with E-state index in [1.165, 1.54) is 62.0 Å². The smallest absolute Gasteiger partial charge is 0.341 e. The molecule has 0 radical (unpaired) electrons. The Bertz CT molecular complexity index is 1460. The summed E-state index contributed by atoms with van der Waals surface area (Å²) in [6.07, 6.45) is 9.99. The van der Waals surface area contributed by atoms with Crippen LogP contribution in [0.25, 0.3) is 0 Å². The van der Waals surface area contributed by atoms with Crippen LogP contribution in [0.15, 0.2) is 29.4 Å². The van der Waals surface area contributed by atoms with E-state index in [1.54, 1.807) is 18.2 Å². The number of ether oxygens (including phenoxy) is 2. The number of nitrogens with one attached hydrogen (secondary N) is 1. The van der Waals surface area contributed by atoms with Gasteiger partial charge in [0.25, 0.3) is 0 Å². The molecule has 11 heteroatoms. The number of para-hydroxylation sites is 1. The molecule has 0 unspecified atom stereocenters. The van der Waals surface area contributed by atoms with Crippen molar-refractivity contribution in [2.45, 2.75) is 82.5 Å². The van der Waals surface area contributed by atoms with Crippen molar-refractivity contribution >= 4 is 40.0 Å². The Hall–Kier alpha value is -2.92. The minimum atomic E-state index is -0.423. The largest absolute Gasteiger partial charge is 0.483 e. The molecule has 3 aliphatic rings. The van der Waals surface area contributed by atoms with E-state index in [0.717, 1.165) is 48.5 Å². The van der Waals surface area contributed by atoms with Gasteiger partial charge in [-0.25, -0.2) is 9.18 Å². The van der Waals surface area contributed by atoms with Crippen molar-refractivity contribution in [1.29, 1.82) is 0 Å². The number of aryl methyl sites for hydroxylation is 1. The van der Waals surface area contributed by atoms with Gasteiger partial charge in [-0.15, -0.1) is 21.5 Å². The van der Waals surface area contributed by atoms with E-state index in [1.807, 2.05) is 0 Å². The molecule has 6 rings (SSSR count). The monoisotopic (exact) mass is 612 g/mol. The Morgan fingerprint density at radius 1 is 1.17 bits per heavy atom. The van der Waals surface area contributed by atoms with Crippen LogP contribution in [0.5, 0.6) is 5.75 Å². The van der Waals surface area contributed by atoms with Crippen LogP contribution in [0.2, 0.25) is 0 Å². The van der Waals surface area contributed by atoms with Gasteiger partial charge in [-0.05, 0) is 87.3 Å². The molecule has 2 fully saturated rings. The molecule has 3 aromatic rings. The molecule has 4 atom stereocenters. The lowest BCUT2D eigenvalue weighted by molar-refractivity contribution is -0.113. The molecular formula is C31H37FN4O4S2. The summed E-state index contributed by atoms with van der Waals surface area (Å²) in [5.41, 5.74) is 1.52. The van der Waals surface area contributed by atoms with E-state index >= 15 is 0 Å². The standard InChI is InChI=1S/C31H37FN4O4S2/c1-18(22-15-19-12-13-20(22)14-19)36-26(16-40-24-10-7-6-9-23(24)32)34-35-31(36)41-17-27(37)33-29-28(30(38)39-2)21-8-4-3-5-11-25(21)42-29/h6-7,9-10,18-20,22H,3-5,8,11-17H2,1-2H3,(H,33,37)/t18-,19-,20-,22-/m1/s1. The number of methoxy groups -OCH3 is 1. The molecule has 2 bridgehead atoms. The highest BCUT2D eigenvalue weighted by atomic mass is 32.2. The van der Waals surface area contributed by atoms with Crippen LogP contribution < -0.4 is 10.1 Å². The maximum atomic E-state index is 14.2. The quantitative estimate of drug-likeness (QED) is 0.152. The number of amides is 1. The van der Waals surface area contributed by atoms with Crippen LogP contribution in [0, 0.1) is 23.6 Å². The Balaban J connectivity index is 1.19. The zero-order chi connectivity index (χ0) is 29.2. The van der Waals surface area contributed by atoms with E-state index in [4.69, 9.17) is 9.47 Å². The van der Waals surface area contributed by atoms with Gasteiger partial charge in [0.2, 0.25) is 5.91 Å². The van der Waals surface area contributed by atoms with Gasteiger partial charge in [-0.1, -0.05) is 36.7 Å². The van der Waals surface area contributed by atoms with Gasteiger partial charge in [0.15, 0.2) is 22.5 Å². The Morgan fingerprint density at radius 3 is 2.76 bits per heavy atom. The predicted molar refractivity (Wildman–Crippen MR) is 161 cm³/mol. The van der Waals surface area contributed by atoms with Gasteiger partial charge >= 0.3 is 5.97 Å². The molecule has 2 aromatic heterocycles. The van der Waals surface area contributed by atoms with E-state index in [9.17, 15) is 14.0 Å². The Morgan fingerprint density at radius 2 is 2.00 bits per heavy atom. The fraction of sp³-hybridized carbons (Fsp3) is 0.548. The molecule has 1 aromatic carbocycles. The number of fused-ring (bicyclic) bond motifs is 3. The van der Waals surface area contributed by atoms with Crippen LogP contribution in [0.4, 0.5) is 9.39 Å². The third-order valence-corrected chi connectivity index (χ3v) is 11.3. The van der Waals surface area contributed by atoms with Crippen molar-refractivity contribution in [3.63, 3.8) is 0 Å². The second-order valence-electron chi connectivity index (χ2n) is 11.7. The molecule has 1 N–H and O–H groups in total. The molecule has 3 aliphatic carbocycles. The lowest BCUT2D eigenvalue weighted by Crippen LogP contribution is -2.25. The number of carbonyl (C=O) groups excluding carboxylic acids is 2. The minimum Gasteiger partial charge on any atom is -0.483 e. The highest BCUT2D eigenvalue weighted by Gasteiger charge is 2.43. The molecule has 0 aliphatic heterocycles. The molecule has 224 valence electrons. The summed E-state index contributed by atoms with van der Waals surface area (Å²) in [5.74, 6) is 1.82. The number of thioether (sulfide) groups is 1. The highest BCUT2D eigenvalue weighted by molar-refractivity contribution is 7.99. The maximum Gasteiger partial charge on any atom is 0.341 e. The first kappa shape index (κ1) is 29.2. The Labute approximate surface area is 253 Å². The van der Waals surface area contributed by atoms with Crippen molar-refractivity contribution in [3.8, 4) is 5.75 Å². The zero-order valence-electron chi connectivity index (χ0n) is 24.1. The number of thiophene rings is 1. The number of rotatable bonds is 10. The number of benzene rings is 1. The van der Waals surface area contributed by atoms with Crippen molar-refractivity contribution in [3.05, 3.63) is 51.9 Å². The van der Waals surface area contributed by atoms with E-state index < -0.39 is 11.8 Å². The average Bonchev–Trinajstić information content (AvgIpc) is 3.76. The first-order valence-corrected chi connectivity index (χ1v) is 16.7. The Kier molecular flexibility index (Phi) is 8.85. The number of nitrogens with zero attached hydrogens (tertiary/aromatic N) is 3. The normalized spacial score (nSPS) is 21.9. The number of esters is 1. The summed E-state index contributed by atoms with van der Waals surface area (Å²) in [6.45, 7) is 2.28. The van der Waals surface area contributed by atoms with Gasteiger partial charge < -0.3 is 14.8 Å². The van der Waals surface area contributed by atoms with E-state index in [2.05, 4.69) is 27.0 Å². The summed E-state index contributed by atoms with van der Waals surface area (Å²) in [6, 6.07) is 6.46. The first-order valence-electron chi connectivity index (χ1n) is 14.9. The summed E-state index contributed by atoms with van der Waals surface area (Å²) in [5, 5.41) is 13.1. The van der Waals surface area contributed by atoms with Crippen molar-refractivity contribution in [2.24, 2.45) is 17.8 Å². The minimum absolute atomic E-state index is 0.0785. The second-order valence-corrected chi connectivity index (χ2v) is 13.7. The summed E-state index contributed by atoms with van der Waals surface area (Å²) in [4.78, 5) is 27.1. The zero-order valence-corrected chi connectivity index (χ0v) is 25.7. The van der Waals surface area contributed by atoms with Crippen molar-refractivity contribution in [1.82, 2.24) is 14.8 Å². The lowest BCUT2D eigenvalue weighted by Gasteiger charge is -2.30. The average molecular weight is 613 g/mol. The van der Waals surface area contributed by atoms with Crippen LogP contribution in [0.1, 0.15) is 84.5 Å². The number of aromatic nitrogens is 3. The summed E-state index contributed by atoms with van der Waals surface area (Å²) >= 11 is 2.81. The third-order valence-electron chi connectivity index (χ3n) is 9.14. The third kappa shape index (κ3) is 5.95. The van der Waals surface area contributed by atoms with Gasteiger partial charge in [0.1, 0.15) is 11.6 Å². The van der Waals surface area contributed by atoms with Gasteiger partial charge in [0.05, 0.1) is 18.4 Å². The number of carbonyl (C=O) groups is 2. The summed E-state index contributed by atoms with van der Waals surface area (Å²) in [7, 11) is 1.38. The van der Waals surface area contributed by atoms with Crippen LogP contribution in [-0.4, -0.2) is 39.5 Å². The predicted octanol–water partition coefficient (Wildman–Crippen LogP) is 6.84. The molecule has 1 amide bonds. The van der Waals surface area contributed by atoms with E-state index in [-0.39, 0.29) is 30.1 Å². The number of hydrogen-bond acceptors (Lipinski definition) is 8. The number of hydrogen-bond donors (Lipinski definition) is 1. The fourth-order valence-electron chi connectivity index (χ4n) is 7.14. The van der Waals surface area contributed by atoms with Crippen LogP contribution >= 0.6 is 23.1 Å². The van der Waals surface area contributed by atoms with Crippen LogP contribution in [-0.2, 0) is 29.0 Å². The summed E-state index contributed by atoms with van der Waals surface area (Å²) < 4.78 is 27.2. The lowest BCUT2D eigenvalue weighted by atomic mass is 9.84. The second kappa shape index (κ2) is 12.8. The fourth-order valence-corrected chi connectivity index (χ4v) is 9.27. The first-order chi connectivity index (χ1) is 20.4. The number of halogens is 1. The molecular weight excluding hydrogens is 575 g/mol. The molecule has 8 nitrogen and oxygen atoms in total. The van der Waals surface area contributed by atoms with Gasteiger partial charge in [0, 0.05) is 10.9 Å². The maximum absolute atomic E-state index is 14.2. The van der Waals surface area contributed by atoms with Gasteiger partial charge in [-0.2, -0.15) is 0 Å². The molecule has 2 heterocycles. The number of anilines is 1. The topological polar surface area (TPSA) is 95.3 Å². The van der Waals surface area contributed by atoms with Crippen molar-refractivity contribution in [2.75, 3.05) is 18.2 Å².